The van der Waals surface area contributed by atoms with Crippen molar-refractivity contribution >= 4 is 23.2 Å². The number of oxime groups is 1. The molecule has 0 bridgehead atoms. The molecule has 0 aliphatic carbocycles. The van der Waals surface area contributed by atoms with E-state index in [-0.39, 0.29) is 17.7 Å². The summed E-state index contributed by atoms with van der Waals surface area (Å²) in [7, 11) is 0. The molecule has 0 aromatic carbocycles. The standard InChI is InChI=1S/C18H22N4O4/c1-12-14(3-2-6-19-12)20-16(23)15-9-18(26-21-15)5-7-22(11-18)17(24)13-4-8-25-10-13/h2-3,6,13H,4-5,7-11H2,1H3,(H,20,23)/t13-,18+/m1/s1. The Morgan fingerprint density at radius 1 is 1.42 bits per heavy atom. The Kier molecular flexibility index (Phi) is 4.36. The number of anilines is 1. The Balaban J connectivity index is 1.36. The van der Waals surface area contributed by atoms with Crippen LogP contribution in [0.25, 0.3) is 0 Å². The zero-order chi connectivity index (χ0) is 18.1. The predicted octanol–water partition coefficient (Wildman–Crippen LogP) is 1.11. The molecular formula is C18H22N4O4. The van der Waals surface area contributed by atoms with Gasteiger partial charge in [-0.05, 0) is 25.5 Å². The quantitative estimate of drug-likeness (QED) is 0.874. The molecule has 0 radical (unpaired) electrons. The molecule has 4 rings (SSSR count). The summed E-state index contributed by atoms with van der Waals surface area (Å²) in [5, 5.41) is 6.84. The number of nitrogens with zero attached hydrogens (tertiary/aromatic N) is 3. The lowest BCUT2D eigenvalue weighted by atomic mass is 9.96. The van der Waals surface area contributed by atoms with Crippen LogP contribution in [0.15, 0.2) is 23.5 Å². The molecule has 0 saturated carbocycles. The van der Waals surface area contributed by atoms with Gasteiger partial charge in [0.15, 0.2) is 5.60 Å². The van der Waals surface area contributed by atoms with Crippen molar-refractivity contribution in [2.24, 2.45) is 11.1 Å². The van der Waals surface area contributed by atoms with Crippen molar-refractivity contribution in [2.75, 3.05) is 31.6 Å². The number of nitrogens with one attached hydrogen (secondary N) is 1. The van der Waals surface area contributed by atoms with Gasteiger partial charge in [-0.15, -0.1) is 0 Å². The van der Waals surface area contributed by atoms with Crippen LogP contribution >= 0.6 is 0 Å². The molecule has 138 valence electrons. The van der Waals surface area contributed by atoms with Crippen molar-refractivity contribution in [1.29, 1.82) is 0 Å². The van der Waals surface area contributed by atoms with Crippen LogP contribution in [0.2, 0.25) is 0 Å². The second kappa shape index (κ2) is 6.68. The fraction of sp³-hybridized carbons (Fsp3) is 0.556. The third kappa shape index (κ3) is 3.16. The predicted molar refractivity (Wildman–Crippen MR) is 93.6 cm³/mol. The van der Waals surface area contributed by atoms with Crippen LogP contribution in [-0.4, -0.2) is 59.3 Å². The fourth-order valence-corrected chi connectivity index (χ4v) is 3.69. The van der Waals surface area contributed by atoms with E-state index in [4.69, 9.17) is 9.57 Å². The number of hydrogen-bond donors (Lipinski definition) is 1. The number of pyridine rings is 1. The van der Waals surface area contributed by atoms with Crippen molar-refractivity contribution in [3.8, 4) is 0 Å². The molecular weight excluding hydrogens is 336 g/mol. The van der Waals surface area contributed by atoms with E-state index < -0.39 is 5.60 Å². The number of hydrogen-bond acceptors (Lipinski definition) is 6. The summed E-state index contributed by atoms with van der Waals surface area (Å²) in [5.74, 6) is -0.220. The summed E-state index contributed by atoms with van der Waals surface area (Å²) in [6.07, 6.45) is 3.54. The molecule has 8 heteroatoms. The maximum atomic E-state index is 12.5. The van der Waals surface area contributed by atoms with Crippen molar-refractivity contribution in [3.05, 3.63) is 24.0 Å². The van der Waals surface area contributed by atoms with E-state index in [1.807, 2.05) is 11.8 Å². The highest BCUT2D eigenvalue weighted by Gasteiger charge is 2.48. The number of carbonyl (C=O) groups excluding carboxylic acids is 2. The van der Waals surface area contributed by atoms with E-state index in [0.29, 0.717) is 50.5 Å². The Labute approximate surface area is 151 Å². The fourth-order valence-electron chi connectivity index (χ4n) is 3.69. The normalized spacial score (nSPS) is 27.5. The topological polar surface area (TPSA) is 93.1 Å². The molecule has 2 amide bonds. The van der Waals surface area contributed by atoms with E-state index >= 15 is 0 Å². The van der Waals surface area contributed by atoms with Crippen molar-refractivity contribution < 1.29 is 19.2 Å². The van der Waals surface area contributed by atoms with Gasteiger partial charge in [0, 0.05) is 32.2 Å². The molecule has 0 unspecified atom stereocenters. The van der Waals surface area contributed by atoms with E-state index in [1.165, 1.54) is 0 Å². The molecule has 2 fully saturated rings. The van der Waals surface area contributed by atoms with E-state index in [2.05, 4.69) is 15.5 Å². The molecule has 1 aromatic heterocycles. The monoisotopic (exact) mass is 358 g/mol. The van der Waals surface area contributed by atoms with Gasteiger partial charge in [0.1, 0.15) is 5.71 Å². The average molecular weight is 358 g/mol. The van der Waals surface area contributed by atoms with Gasteiger partial charge in [0.2, 0.25) is 5.91 Å². The number of amides is 2. The second-order valence-corrected chi connectivity index (χ2v) is 7.15. The first-order valence-electron chi connectivity index (χ1n) is 8.91. The number of likely N-dealkylation sites (tertiary alicyclic amines) is 1. The van der Waals surface area contributed by atoms with Gasteiger partial charge in [0.05, 0.1) is 30.5 Å². The number of rotatable bonds is 3. The minimum absolute atomic E-state index is 0.0520. The lowest BCUT2D eigenvalue weighted by Gasteiger charge is -2.23. The molecule has 3 aliphatic rings. The van der Waals surface area contributed by atoms with Crippen molar-refractivity contribution in [3.63, 3.8) is 0 Å². The highest BCUT2D eigenvalue weighted by atomic mass is 16.7. The molecule has 1 aromatic rings. The Bertz CT molecular complexity index is 759. The first-order chi connectivity index (χ1) is 12.6. The van der Waals surface area contributed by atoms with Gasteiger partial charge in [-0.3, -0.25) is 14.6 Å². The first-order valence-corrected chi connectivity index (χ1v) is 8.91. The van der Waals surface area contributed by atoms with Crippen LogP contribution in [-0.2, 0) is 19.2 Å². The second-order valence-electron chi connectivity index (χ2n) is 7.15. The van der Waals surface area contributed by atoms with E-state index in [0.717, 1.165) is 12.1 Å². The van der Waals surface area contributed by atoms with Crippen LogP contribution < -0.4 is 5.32 Å². The molecule has 2 atom stereocenters. The zero-order valence-electron chi connectivity index (χ0n) is 14.7. The summed E-state index contributed by atoms with van der Waals surface area (Å²) in [5.41, 5.74) is 1.18. The van der Waals surface area contributed by atoms with E-state index in [9.17, 15) is 9.59 Å². The average Bonchev–Trinajstić information content (AvgIpc) is 3.38. The van der Waals surface area contributed by atoms with Gasteiger partial charge in [-0.25, -0.2) is 0 Å². The lowest BCUT2D eigenvalue weighted by molar-refractivity contribution is -0.135. The summed E-state index contributed by atoms with van der Waals surface area (Å²) in [6, 6.07) is 3.57. The Hall–Kier alpha value is -2.48. The minimum atomic E-state index is -0.578. The summed E-state index contributed by atoms with van der Waals surface area (Å²) >= 11 is 0. The number of carbonyl (C=O) groups is 2. The summed E-state index contributed by atoms with van der Waals surface area (Å²) < 4.78 is 5.31. The molecule has 3 aliphatic heterocycles. The maximum Gasteiger partial charge on any atom is 0.273 e. The highest BCUT2D eigenvalue weighted by molar-refractivity contribution is 6.43. The third-order valence-corrected chi connectivity index (χ3v) is 5.26. The van der Waals surface area contributed by atoms with Gasteiger partial charge in [-0.1, -0.05) is 5.16 Å². The molecule has 4 heterocycles. The number of ether oxygens (including phenoxy) is 1. The third-order valence-electron chi connectivity index (χ3n) is 5.26. The highest BCUT2D eigenvalue weighted by Crippen LogP contribution is 2.35. The number of aryl methyl sites for hydroxylation is 1. The Morgan fingerprint density at radius 2 is 2.31 bits per heavy atom. The van der Waals surface area contributed by atoms with Crippen LogP contribution in [0.4, 0.5) is 5.69 Å². The largest absolute Gasteiger partial charge is 0.386 e. The van der Waals surface area contributed by atoms with Gasteiger partial charge in [-0.2, -0.15) is 0 Å². The van der Waals surface area contributed by atoms with Gasteiger partial charge >= 0.3 is 0 Å². The molecule has 1 spiro atoms. The number of aromatic nitrogens is 1. The maximum absolute atomic E-state index is 12.5. The van der Waals surface area contributed by atoms with Crippen LogP contribution in [0.3, 0.4) is 0 Å². The molecule has 1 N–H and O–H groups in total. The smallest absolute Gasteiger partial charge is 0.273 e. The van der Waals surface area contributed by atoms with Crippen LogP contribution in [0, 0.1) is 12.8 Å². The minimum Gasteiger partial charge on any atom is -0.386 e. The van der Waals surface area contributed by atoms with Crippen molar-refractivity contribution in [1.82, 2.24) is 9.88 Å². The van der Waals surface area contributed by atoms with Gasteiger partial charge < -0.3 is 19.8 Å². The molecule has 8 nitrogen and oxygen atoms in total. The summed E-state index contributed by atoms with van der Waals surface area (Å²) in [4.78, 5) is 36.6. The van der Waals surface area contributed by atoms with Crippen LogP contribution in [0.1, 0.15) is 25.0 Å². The molecule has 2 saturated heterocycles. The van der Waals surface area contributed by atoms with Crippen molar-refractivity contribution in [2.45, 2.75) is 31.8 Å². The SMILES string of the molecule is Cc1ncccc1NC(=O)C1=NO[C@@]2(CCN(C(=O)[C@@H]3CCOC3)C2)C1. The van der Waals surface area contributed by atoms with Gasteiger partial charge in [0.25, 0.3) is 5.91 Å². The first kappa shape index (κ1) is 17.0. The lowest BCUT2D eigenvalue weighted by Crippen LogP contribution is -2.40. The zero-order valence-corrected chi connectivity index (χ0v) is 14.7. The van der Waals surface area contributed by atoms with Crippen LogP contribution in [0.5, 0.6) is 0 Å². The summed E-state index contributed by atoms with van der Waals surface area (Å²) in [6.45, 7) is 4.07. The van der Waals surface area contributed by atoms with E-state index in [1.54, 1.807) is 18.3 Å². The Morgan fingerprint density at radius 3 is 3.08 bits per heavy atom. The molecule has 26 heavy (non-hydrogen) atoms.